The number of benzene rings is 1. The topological polar surface area (TPSA) is 48.9 Å². The molecule has 0 saturated carbocycles. The quantitative estimate of drug-likeness (QED) is 0.580. The van der Waals surface area contributed by atoms with E-state index in [-0.39, 0.29) is 0 Å². The average Bonchev–Trinajstić information content (AvgIpc) is 2.64. The van der Waals surface area contributed by atoms with Crippen molar-refractivity contribution in [3.63, 3.8) is 0 Å². The van der Waals surface area contributed by atoms with E-state index in [4.69, 9.17) is 4.74 Å². The van der Waals surface area contributed by atoms with Crippen molar-refractivity contribution in [3.8, 4) is 0 Å². The molecule has 5 heteroatoms. The number of fused-ring (bicyclic) bond motifs is 1. The number of guanidine groups is 1. The van der Waals surface area contributed by atoms with E-state index in [1.165, 1.54) is 24.0 Å². The predicted molar refractivity (Wildman–Crippen MR) is 108 cm³/mol. The fourth-order valence-electron chi connectivity index (χ4n) is 4.05. The molecule has 0 radical (unpaired) electrons. The number of ether oxygens (including phenoxy) is 1. The lowest BCUT2D eigenvalue weighted by Gasteiger charge is -2.36. The molecule has 5 nitrogen and oxygen atoms in total. The molecule has 1 aliphatic heterocycles. The Kier molecular flexibility index (Phi) is 6.92. The molecule has 2 atom stereocenters. The molecular weight excluding hydrogens is 324 g/mol. The van der Waals surface area contributed by atoms with Crippen LogP contribution < -0.4 is 10.6 Å². The number of hydrogen-bond donors (Lipinski definition) is 2. The molecule has 26 heavy (non-hydrogen) atoms. The van der Waals surface area contributed by atoms with E-state index in [1.54, 1.807) is 0 Å². The van der Waals surface area contributed by atoms with Gasteiger partial charge in [0.15, 0.2) is 5.96 Å². The van der Waals surface area contributed by atoms with Gasteiger partial charge >= 0.3 is 0 Å². The maximum atomic E-state index is 5.52. The minimum atomic E-state index is 0.530. The normalized spacial score (nSPS) is 21.8. The Balaban J connectivity index is 1.47. The van der Waals surface area contributed by atoms with Crippen molar-refractivity contribution in [3.05, 3.63) is 35.4 Å². The van der Waals surface area contributed by atoms with Crippen LogP contribution in [-0.4, -0.2) is 63.3 Å². The van der Waals surface area contributed by atoms with Gasteiger partial charge in [-0.15, -0.1) is 0 Å². The minimum Gasteiger partial charge on any atom is -0.379 e. The third-order valence-electron chi connectivity index (χ3n) is 5.51. The van der Waals surface area contributed by atoms with Crippen LogP contribution in [-0.2, 0) is 11.2 Å². The van der Waals surface area contributed by atoms with E-state index in [2.05, 4.69) is 58.6 Å². The third kappa shape index (κ3) is 4.98. The summed E-state index contributed by atoms with van der Waals surface area (Å²) in [4.78, 5) is 6.98. The molecule has 1 aromatic carbocycles. The Morgan fingerprint density at radius 1 is 1.23 bits per heavy atom. The summed E-state index contributed by atoms with van der Waals surface area (Å²) in [6.45, 7) is 10.2. The second-order valence-electron chi connectivity index (χ2n) is 7.87. The van der Waals surface area contributed by atoms with E-state index in [1.807, 2.05) is 7.05 Å². The van der Waals surface area contributed by atoms with E-state index in [0.29, 0.717) is 17.9 Å². The van der Waals surface area contributed by atoms with Crippen LogP contribution in [0.2, 0.25) is 0 Å². The van der Waals surface area contributed by atoms with Gasteiger partial charge in [0.25, 0.3) is 0 Å². The molecule has 0 amide bonds. The van der Waals surface area contributed by atoms with Crippen LogP contribution in [0.3, 0.4) is 0 Å². The van der Waals surface area contributed by atoms with E-state index < -0.39 is 0 Å². The molecule has 1 aromatic rings. The van der Waals surface area contributed by atoms with Gasteiger partial charge < -0.3 is 15.4 Å². The molecule has 144 valence electrons. The van der Waals surface area contributed by atoms with Crippen molar-refractivity contribution in [1.29, 1.82) is 0 Å². The SMILES string of the molecule is CN=C(NCC1Cc2ccccc21)NCC(CC(C)C)N1CCOCC1. The smallest absolute Gasteiger partial charge is 0.191 e. The maximum absolute atomic E-state index is 5.52. The number of nitrogens with one attached hydrogen (secondary N) is 2. The van der Waals surface area contributed by atoms with Gasteiger partial charge in [0.1, 0.15) is 0 Å². The highest BCUT2D eigenvalue weighted by molar-refractivity contribution is 5.79. The Morgan fingerprint density at radius 2 is 2.00 bits per heavy atom. The van der Waals surface area contributed by atoms with Crippen LogP contribution >= 0.6 is 0 Å². The van der Waals surface area contributed by atoms with Gasteiger partial charge in [-0.05, 0) is 29.9 Å². The molecule has 0 bridgehead atoms. The van der Waals surface area contributed by atoms with Gasteiger partial charge in [-0.2, -0.15) is 0 Å². The molecule has 1 fully saturated rings. The molecule has 2 unspecified atom stereocenters. The van der Waals surface area contributed by atoms with Gasteiger partial charge in [-0.25, -0.2) is 0 Å². The zero-order chi connectivity index (χ0) is 18.4. The monoisotopic (exact) mass is 358 g/mol. The molecular formula is C21H34N4O. The standard InChI is InChI=1S/C21H34N4O/c1-16(2)12-19(25-8-10-26-11-9-25)15-24-21(22-3)23-14-18-13-17-6-4-5-7-20(17)18/h4-7,16,18-19H,8-15H2,1-3H3,(H2,22,23,24). The summed E-state index contributed by atoms with van der Waals surface area (Å²) in [6.07, 6.45) is 2.36. The molecule has 2 N–H and O–H groups in total. The first-order chi connectivity index (χ1) is 12.7. The third-order valence-corrected chi connectivity index (χ3v) is 5.51. The van der Waals surface area contributed by atoms with Crippen molar-refractivity contribution in [2.45, 2.75) is 38.6 Å². The lowest BCUT2D eigenvalue weighted by atomic mass is 9.78. The molecule has 1 heterocycles. The fourth-order valence-corrected chi connectivity index (χ4v) is 4.05. The number of hydrogen-bond acceptors (Lipinski definition) is 3. The zero-order valence-corrected chi connectivity index (χ0v) is 16.5. The van der Waals surface area contributed by atoms with E-state index in [0.717, 1.165) is 45.4 Å². The van der Waals surface area contributed by atoms with Crippen molar-refractivity contribution in [2.24, 2.45) is 10.9 Å². The number of rotatable bonds is 7. The van der Waals surface area contributed by atoms with Gasteiger partial charge in [-0.3, -0.25) is 9.89 Å². The Morgan fingerprint density at radius 3 is 2.69 bits per heavy atom. The first kappa shape index (κ1) is 19.2. The Labute approximate surface area is 158 Å². The highest BCUT2D eigenvalue weighted by Crippen LogP contribution is 2.33. The van der Waals surface area contributed by atoms with Crippen LogP contribution in [0.1, 0.15) is 37.3 Å². The second-order valence-corrected chi connectivity index (χ2v) is 7.87. The summed E-state index contributed by atoms with van der Waals surface area (Å²) in [5.74, 6) is 2.21. The van der Waals surface area contributed by atoms with Crippen LogP contribution in [0.25, 0.3) is 0 Å². The zero-order valence-electron chi connectivity index (χ0n) is 16.5. The van der Waals surface area contributed by atoms with Crippen LogP contribution in [0.4, 0.5) is 0 Å². The minimum absolute atomic E-state index is 0.530. The summed E-state index contributed by atoms with van der Waals surface area (Å²) in [5.41, 5.74) is 2.98. The van der Waals surface area contributed by atoms with Gasteiger partial charge in [-0.1, -0.05) is 38.1 Å². The van der Waals surface area contributed by atoms with E-state index >= 15 is 0 Å². The van der Waals surface area contributed by atoms with Crippen molar-refractivity contribution >= 4 is 5.96 Å². The van der Waals surface area contributed by atoms with Crippen molar-refractivity contribution < 1.29 is 4.74 Å². The number of aliphatic imine (C=N–C) groups is 1. The molecule has 1 saturated heterocycles. The highest BCUT2D eigenvalue weighted by atomic mass is 16.5. The predicted octanol–water partition coefficient (Wildman–Crippen LogP) is 2.24. The Hall–Kier alpha value is -1.59. The van der Waals surface area contributed by atoms with Gasteiger partial charge in [0, 0.05) is 45.2 Å². The van der Waals surface area contributed by atoms with Crippen LogP contribution in [0.5, 0.6) is 0 Å². The summed E-state index contributed by atoms with van der Waals surface area (Å²) in [7, 11) is 1.86. The molecule has 1 aliphatic carbocycles. The first-order valence-corrected chi connectivity index (χ1v) is 10.0. The van der Waals surface area contributed by atoms with Gasteiger partial charge in [0.05, 0.1) is 13.2 Å². The van der Waals surface area contributed by atoms with Gasteiger partial charge in [0.2, 0.25) is 0 Å². The first-order valence-electron chi connectivity index (χ1n) is 10.0. The second kappa shape index (κ2) is 9.38. The number of morpholine rings is 1. The number of nitrogens with zero attached hydrogens (tertiary/aromatic N) is 2. The summed E-state index contributed by atoms with van der Waals surface area (Å²) in [6, 6.07) is 9.28. The van der Waals surface area contributed by atoms with Crippen molar-refractivity contribution in [2.75, 3.05) is 46.4 Å². The average molecular weight is 359 g/mol. The molecule has 0 spiro atoms. The molecule has 3 rings (SSSR count). The lowest BCUT2D eigenvalue weighted by Crippen LogP contribution is -2.51. The summed E-state index contributed by atoms with van der Waals surface area (Å²) in [5, 5.41) is 7.08. The highest BCUT2D eigenvalue weighted by Gasteiger charge is 2.26. The van der Waals surface area contributed by atoms with Crippen LogP contribution in [0, 0.1) is 5.92 Å². The summed E-state index contributed by atoms with van der Waals surface area (Å²) >= 11 is 0. The molecule has 0 aromatic heterocycles. The Bertz CT molecular complexity index is 595. The largest absolute Gasteiger partial charge is 0.379 e. The molecule has 2 aliphatic rings. The van der Waals surface area contributed by atoms with Crippen LogP contribution in [0.15, 0.2) is 29.3 Å². The van der Waals surface area contributed by atoms with Crippen molar-refractivity contribution in [1.82, 2.24) is 15.5 Å². The summed E-state index contributed by atoms with van der Waals surface area (Å²) < 4.78 is 5.52. The lowest BCUT2D eigenvalue weighted by molar-refractivity contribution is 0.0132. The van der Waals surface area contributed by atoms with E-state index in [9.17, 15) is 0 Å². The maximum Gasteiger partial charge on any atom is 0.191 e. The fraction of sp³-hybridized carbons (Fsp3) is 0.667.